The summed E-state index contributed by atoms with van der Waals surface area (Å²) in [5.74, 6) is -0.871. The second-order valence-electron chi connectivity index (χ2n) is 5.35. The molecule has 18 heavy (non-hydrogen) atoms. The van der Waals surface area contributed by atoms with Crippen molar-refractivity contribution in [2.75, 3.05) is 13.1 Å². The molecule has 1 saturated heterocycles. The second kappa shape index (κ2) is 5.47. The van der Waals surface area contributed by atoms with Gasteiger partial charge in [-0.25, -0.2) is 0 Å². The van der Waals surface area contributed by atoms with Crippen LogP contribution >= 0.6 is 0 Å². The maximum absolute atomic E-state index is 13.0. The van der Waals surface area contributed by atoms with Gasteiger partial charge in [0, 0.05) is 6.54 Å². The standard InChI is InChI=1S/C12H20F3NO2/c1-8(2)6-9(3)18-10(17)11(12(13,14)15)4-5-16-7-11/h8-9,16H,4-7H2,1-3H3. The average Bonchev–Trinajstić information content (AvgIpc) is 2.63. The Morgan fingerprint density at radius 1 is 1.39 bits per heavy atom. The van der Waals surface area contributed by atoms with Crippen LogP contribution in [0.15, 0.2) is 0 Å². The Balaban J connectivity index is 2.73. The van der Waals surface area contributed by atoms with Gasteiger partial charge in [0.15, 0.2) is 5.41 Å². The zero-order valence-corrected chi connectivity index (χ0v) is 10.9. The van der Waals surface area contributed by atoms with E-state index in [1.54, 1.807) is 6.92 Å². The number of halogens is 3. The molecule has 3 nitrogen and oxygen atoms in total. The fourth-order valence-electron chi connectivity index (χ4n) is 2.23. The van der Waals surface area contributed by atoms with Gasteiger partial charge in [-0.2, -0.15) is 13.2 Å². The highest BCUT2D eigenvalue weighted by Crippen LogP contribution is 2.44. The minimum atomic E-state index is -4.56. The van der Waals surface area contributed by atoms with Gasteiger partial charge in [-0.1, -0.05) is 13.8 Å². The molecule has 106 valence electrons. The van der Waals surface area contributed by atoms with Crippen LogP contribution in [-0.4, -0.2) is 31.3 Å². The summed E-state index contributed by atoms with van der Waals surface area (Å²) in [6, 6.07) is 0. The first-order chi connectivity index (χ1) is 8.19. The molecule has 2 unspecified atom stereocenters. The third-order valence-electron chi connectivity index (χ3n) is 3.20. The molecule has 0 aromatic rings. The largest absolute Gasteiger partial charge is 0.462 e. The van der Waals surface area contributed by atoms with Crippen molar-refractivity contribution < 1.29 is 22.7 Å². The van der Waals surface area contributed by atoms with Crippen LogP contribution in [0.2, 0.25) is 0 Å². The number of rotatable bonds is 4. The minimum absolute atomic E-state index is 0.188. The molecule has 0 aromatic heterocycles. The summed E-state index contributed by atoms with van der Waals surface area (Å²) in [5, 5.41) is 2.59. The van der Waals surface area contributed by atoms with Gasteiger partial charge < -0.3 is 10.1 Å². The van der Waals surface area contributed by atoms with Crippen molar-refractivity contribution >= 4 is 5.97 Å². The molecular weight excluding hydrogens is 247 g/mol. The quantitative estimate of drug-likeness (QED) is 0.795. The van der Waals surface area contributed by atoms with Crippen LogP contribution in [0.3, 0.4) is 0 Å². The lowest BCUT2D eigenvalue weighted by atomic mass is 9.86. The fraction of sp³-hybridized carbons (Fsp3) is 0.917. The van der Waals surface area contributed by atoms with E-state index >= 15 is 0 Å². The lowest BCUT2D eigenvalue weighted by Crippen LogP contribution is -2.48. The minimum Gasteiger partial charge on any atom is -0.462 e. The van der Waals surface area contributed by atoms with Crippen LogP contribution in [0.25, 0.3) is 0 Å². The van der Waals surface area contributed by atoms with Gasteiger partial charge in [0.05, 0.1) is 6.10 Å². The van der Waals surface area contributed by atoms with Crippen molar-refractivity contribution in [2.45, 2.75) is 45.9 Å². The Kier molecular flexibility index (Phi) is 4.64. The van der Waals surface area contributed by atoms with Gasteiger partial charge in [0.1, 0.15) is 0 Å². The number of esters is 1. The highest BCUT2D eigenvalue weighted by atomic mass is 19.4. The van der Waals surface area contributed by atoms with Gasteiger partial charge >= 0.3 is 12.1 Å². The van der Waals surface area contributed by atoms with Crippen molar-refractivity contribution in [1.82, 2.24) is 5.32 Å². The molecule has 1 fully saturated rings. The predicted molar refractivity (Wildman–Crippen MR) is 61.0 cm³/mol. The van der Waals surface area contributed by atoms with E-state index in [1.165, 1.54) is 0 Å². The molecule has 0 amide bonds. The maximum Gasteiger partial charge on any atom is 0.406 e. The van der Waals surface area contributed by atoms with E-state index in [1.807, 2.05) is 13.8 Å². The lowest BCUT2D eigenvalue weighted by Gasteiger charge is -2.30. The van der Waals surface area contributed by atoms with E-state index in [-0.39, 0.29) is 25.4 Å². The summed E-state index contributed by atoms with van der Waals surface area (Å²) in [5.41, 5.74) is -2.36. The number of hydrogen-bond donors (Lipinski definition) is 1. The zero-order chi connectivity index (χ0) is 14.0. The fourth-order valence-corrected chi connectivity index (χ4v) is 2.23. The van der Waals surface area contributed by atoms with E-state index in [2.05, 4.69) is 5.32 Å². The Bertz CT molecular complexity index is 296. The molecule has 2 atom stereocenters. The van der Waals surface area contributed by atoms with Gasteiger partial charge in [-0.05, 0) is 32.2 Å². The SMILES string of the molecule is CC(C)CC(C)OC(=O)C1(C(F)(F)F)CCNC1. The summed E-state index contributed by atoms with van der Waals surface area (Å²) >= 11 is 0. The van der Waals surface area contributed by atoms with Crippen molar-refractivity contribution in [3.63, 3.8) is 0 Å². The van der Waals surface area contributed by atoms with Gasteiger partial charge in [0.2, 0.25) is 0 Å². The first kappa shape index (κ1) is 15.3. The molecule has 0 saturated carbocycles. The molecule has 0 spiro atoms. The maximum atomic E-state index is 13.0. The van der Waals surface area contributed by atoms with Crippen molar-refractivity contribution in [1.29, 1.82) is 0 Å². The number of alkyl halides is 3. The number of ether oxygens (including phenoxy) is 1. The first-order valence-corrected chi connectivity index (χ1v) is 6.17. The Morgan fingerprint density at radius 3 is 2.39 bits per heavy atom. The molecule has 1 rings (SSSR count). The van der Waals surface area contributed by atoms with E-state index in [0.29, 0.717) is 6.42 Å². The highest BCUT2D eigenvalue weighted by Gasteiger charge is 2.62. The van der Waals surface area contributed by atoms with E-state index in [9.17, 15) is 18.0 Å². The third kappa shape index (κ3) is 3.16. The monoisotopic (exact) mass is 267 g/mol. The summed E-state index contributed by atoms with van der Waals surface area (Å²) in [7, 11) is 0. The third-order valence-corrected chi connectivity index (χ3v) is 3.20. The average molecular weight is 267 g/mol. The molecule has 0 bridgehead atoms. The first-order valence-electron chi connectivity index (χ1n) is 6.17. The van der Waals surface area contributed by atoms with Crippen LogP contribution in [0, 0.1) is 11.3 Å². The summed E-state index contributed by atoms with van der Waals surface area (Å²) < 4.78 is 44.1. The van der Waals surface area contributed by atoms with Crippen LogP contribution in [0.4, 0.5) is 13.2 Å². The van der Waals surface area contributed by atoms with Crippen molar-refractivity contribution in [3.8, 4) is 0 Å². The Labute approximate surface area is 105 Å². The van der Waals surface area contributed by atoms with Crippen molar-refractivity contribution in [2.24, 2.45) is 11.3 Å². The normalized spacial score (nSPS) is 26.4. The topological polar surface area (TPSA) is 38.3 Å². The summed E-state index contributed by atoms with van der Waals surface area (Å²) in [6.07, 6.45) is -4.74. The Morgan fingerprint density at radius 2 is 2.00 bits per heavy atom. The number of carbonyl (C=O) groups excluding carboxylic acids is 1. The molecular formula is C12H20F3NO2. The molecule has 0 aromatic carbocycles. The van der Waals surface area contributed by atoms with Crippen LogP contribution in [-0.2, 0) is 9.53 Å². The van der Waals surface area contributed by atoms with Crippen LogP contribution < -0.4 is 5.32 Å². The second-order valence-corrected chi connectivity index (χ2v) is 5.35. The van der Waals surface area contributed by atoms with Gasteiger partial charge in [0.25, 0.3) is 0 Å². The lowest BCUT2D eigenvalue weighted by molar-refractivity contribution is -0.231. The van der Waals surface area contributed by atoms with E-state index in [4.69, 9.17) is 4.74 Å². The molecule has 0 aliphatic carbocycles. The molecule has 1 N–H and O–H groups in total. The van der Waals surface area contributed by atoms with Crippen LogP contribution in [0.1, 0.15) is 33.6 Å². The zero-order valence-electron chi connectivity index (χ0n) is 10.9. The predicted octanol–water partition coefficient (Wildman–Crippen LogP) is 2.51. The van der Waals surface area contributed by atoms with Gasteiger partial charge in [-0.3, -0.25) is 4.79 Å². The van der Waals surface area contributed by atoms with Gasteiger partial charge in [-0.15, -0.1) is 0 Å². The molecule has 0 radical (unpaired) electrons. The van der Waals surface area contributed by atoms with E-state index < -0.39 is 23.7 Å². The number of nitrogens with one attached hydrogen (secondary N) is 1. The summed E-state index contributed by atoms with van der Waals surface area (Å²) in [6.45, 7) is 5.29. The van der Waals surface area contributed by atoms with Crippen molar-refractivity contribution in [3.05, 3.63) is 0 Å². The molecule has 1 aliphatic rings. The highest BCUT2D eigenvalue weighted by molar-refractivity contribution is 5.79. The number of carbonyl (C=O) groups is 1. The summed E-state index contributed by atoms with van der Waals surface area (Å²) in [4.78, 5) is 11.8. The number of hydrogen-bond acceptors (Lipinski definition) is 3. The molecule has 1 aliphatic heterocycles. The smallest absolute Gasteiger partial charge is 0.406 e. The van der Waals surface area contributed by atoms with E-state index in [0.717, 1.165) is 0 Å². The molecule has 1 heterocycles. The molecule has 6 heteroatoms. The Hall–Kier alpha value is -0.780. The van der Waals surface area contributed by atoms with Crippen LogP contribution in [0.5, 0.6) is 0 Å².